The number of hydrogen-bond acceptors (Lipinski definition) is 1. The van der Waals surface area contributed by atoms with E-state index in [0.29, 0.717) is 5.56 Å². The Morgan fingerprint density at radius 2 is 2.00 bits per heavy atom. The van der Waals surface area contributed by atoms with Crippen molar-refractivity contribution in [2.45, 2.75) is 13.1 Å². The maximum absolute atomic E-state index is 12.8. The largest absolute Gasteiger partial charge is 0.418 e. The van der Waals surface area contributed by atoms with E-state index in [-0.39, 0.29) is 5.69 Å². The van der Waals surface area contributed by atoms with Gasteiger partial charge in [-0.1, -0.05) is 11.6 Å². The number of benzene rings is 1. The van der Waals surface area contributed by atoms with Crippen molar-refractivity contribution in [3.8, 4) is 5.69 Å². The Hall–Kier alpha value is -1.78. The van der Waals surface area contributed by atoms with Crippen LogP contribution in [0.15, 0.2) is 36.7 Å². The van der Waals surface area contributed by atoms with E-state index in [0.717, 1.165) is 6.07 Å². The minimum atomic E-state index is -4.37. The minimum Gasteiger partial charge on any atom is -0.240 e. The lowest BCUT2D eigenvalue weighted by Gasteiger charge is -2.13. The highest BCUT2D eigenvalue weighted by atomic mass is 19.4. The van der Waals surface area contributed by atoms with Crippen LogP contribution in [-0.4, -0.2) is 9.78 Å². The zero-order valence-corrected chi connectivity index (χ0v) is 8.49. The normalized spacial score (nSPS) is 11.8. The minimum absolute atomic E-state index is 0.0445. The first-order chi connectivity index (χ1) is 7.48. The lowest BCUT2D eigenvalue weighted by atomic mass is 10.1. The van der Waals surface area contributed by atoms with E-state index in [4.69, 9.17) is 0 Å². The molecule has 2 aromatic rings. The summed E-state index contributed by atoms with van der Waals surface area (Å²) in [7, 11) is 0. The summed E-state index contributed by atoms with van der Waals surface area (Å²) >= 11 is 0. The van der Waals surface area contributed by atoms with E-state index in [1.807, 2.05) is 0 Å². The molecule has 2 nitrogen and oxygen atoms in total. The third kappa shape index (κ3) is 1.93. The summed E-state index contributed by atoms with van der Waals surface area (Å²) in [6.07, 6.45) is -1.44. The van der Waals surface area contributed by atoms with Gasteiger partial charge in [-0.25, -0.2) is 4.68 Å². The van der Waals surface area contributed by atoms with Crippen molar-refractivity contribution >= 4 is 0 Å². The van der Waals surface area contributed by atoms with Crippen LogP contribution in [0.4, 0.5) is 13.2 Å². The fraction of sp³-hybridized carbons (Fsp3) is 0.182. The van der Waals surface area contributed by atoms with E-state index in [1.165, 1.54) is 23.1 Å². The molecule has 0 atom stereocenters. The number of aromatic nitrogens is 2. The number of rotatable bonds is 1. The number of hydrogen-bond donors (Lipinski definition) is 0. The second-order valence-corrected chi connectivity index (χ2v) is 3.47. The second-order valence-electron chi connectivity index (χ2n) is 3.47. The second kappa shape index (κ2) is 3.66. The summed E-state index contributed by atoms with van der Waals surface area (Å²) in [6.45, 7) is 1.63. The molecule has 0 aliphatic rings. The molecular weight excluding hydrogens is 217 g/mol. The SMILES string of the molecule is Cc1ccc(-n2cccn2)c(C(F)(F)F)c1. The van der Waals surface area contributed by atoms with Crippen molar-refractivity contribution in [3.05, 3.63) is 47.8 Å². The Kier molecular flexibility index (Phi) is 2.46. The molecule has 2 rings (SSSR count). The van der Waals surface area contributed by atoms with E-state index in [1.54, 1.807) is 19.1 Å². The average molecular weight is 226 g/mol. The van der Waals surface area contributed by atoms with E-state index < -0.39 is 11.7 Å². The van der Waals surface area contributed by atoms with Crippen LogP contribution in [0.3, 0.4) is 0 Å². The quantitative estimate of drug-likeness (QED) is 0.730. The third-order valence-corrected chi connectivity index (χ3v) is 2.21. The average Bonchev–Trinajstić information content (AvgIpc) is 2.69. The highest BCUT2D eigenvalue weighted by Gasteiger charge is 2.34. The highest BCUT2D eigenvalue weighted by molar-refractivity contribution is 5.44. The van der Waals surface area contributed by atoms with Crippen LogP contribution in [0.2, 0.25) is 0 Å². The molecule has 1 aromatic heterocycles. The number of nitrogens with zero attached hydrogens (tertiary/aromatic N) is 2. The van der Waals surface area contributed by atoms with Gasteiger partial charge in [-0.2, -0.15) is 18.3 Å². The van der Waals surface area contributed by atoms with Crippen molar-refractivity contribution in [2.75, 3.05) is 0 Å². The molecule has 0 N–H and O–H groups in total. The summed E-state index contributed by atoms with van der Waals surface area (Å²) in [6, 6.07) is 5.76. The fourth-order valence-electron chi connectivity index (χ4n) is 1.49. The summed E-state index contributed by atoms with van der Waals surface area (Å²) in [4.78, 5) is 0. The Morgan fingerprint density at radius 1 is 1.25 bits per heavy atom. The molecule has 1 aromatic carbocycles. The molecule has 0 aliphatic carbocycles. The first-order valence-electron chi connectivity index (χ1n) is 4.66. The van der Waals surface area contributed by atoms with Crippen LogP contribution in [0.25, 0.3) is 5.69 Å². The van der Waals surface area contributed by atoms with E-state index in [9.17, 15) is 13.2 Å². The van der Waals surface area contributed by atoms with Gasteiger partial charge in [0.1, 0.15) is 0 Å². The Labute approximate surface area is 90.3 Å². The number of halogens is 3. The molecular formula is C11H9F3N2. The molecule has 0 aliphatic heterocycles. The zero-order chi connectivity index (χ0) is 11.8. The van der Waals surface area contributed by atoms with E-state index in [2.05, 4.69) is 5.10 Å². The summed E-state index contributed by atoms with van der Waals surface area (Å²) in [5, 5.41) is 3.81. The van der Waals surface area contributed by atoms with Crippen LogP contribution < -0.4 is 0 Å². The summed E-state index contributed by atoms with van der Waals surface area (Å²) < 4.78 is 39.5. The van der Waals surface area contributed by atoms with E-state index >= 15 is 0 Å². The molecule has 84 valence electrons. The smallest absolute Gasteiger partial charge is 0.240 e. The molecule has 0 saturated heterocycles. The standard InChI is InChI=1S/C11H9F3N2/c1-8-3-4-10(16-6-2-5-15-16)9(7-8)11(12,13)14/h2-7H,1H3. The van der Waals surface area contributed by atoms with Crippen molar-refractivity contribution in [3.63, 3.8) is 0 Å². The van der Waals surface area contributed by atoms with Gasteiger partial charge in [0.15, 0.2) is 0 Å². The number of aryl methyl sites for hydroxylation is 1. The fourth-order valence-corrected chi connectivity index (χ4v) is 1.49. The molecule has 0 bridgehead atoms. The van der Waals surface area contributed by atoms with Gasteiger partial charge in [0.05, 0.1) is 11.3 Å². The molecule has 0 fully saturated rings. The molecule has 5 heteroatoms. The van der Waals surface area contributed by atoms with Gasteiger partial charge in [-0.3, -0.25) is 0 Å². The Bertz CT molecular complexity index is 486. The monoisotopic (exact) mass is 226 g/mol. The van der Waals surface area contributed by atoms with Crippen LogP contribution in [0, 0.1) is 6.92 Å². The lowest BCUT2D eigenvalue weighted by molar-refractivity contribution is -0.137. The van der Waals surface area contributed by atoms with Crippen molar-refractivity contribution < 1.29 is 13.2 Å². The summed E-state index contributed by atoms with van der Waals surface area (Å²) in [5.41, 5.74) is -0.0532. The number of alkyl halides is 3. The van der Waals surface area contributed by atoms with Crippen LogP contribution in [-0.2, 0) is 6.18 Å². The van der Waals surface area contributed by atoms with Gasteiger partial charge in [0.25, 0.3) is 0 Å². The molecule has 0 unspecified atom stereocenters. The maximum Gasteiger partial charge on any atom is 0.418 e. The molecule has 0 amide bonds. The van der Waals surface area contributed by atoms with Gasteiger partial charge in [-0.05, 0) is 25.1 Å². The molecule has 0 spiro atoms. The molecule has 16 heavy (non-hydrogen) atoms. The maximum atomic E-state index is 12.8. The van der Waals surface area contributed by atoms with Crippen LogP contribution in [0.1, 0.15) is 11.1 Å². The van der Waals surface area contributed by atoms with Crippen molar-refractivity contribution in [2.24, 2.45) is 0 Å². The van der Waals surface area contributed by atoms with Gasteiger partial charge in [0, 0.05) is 12.4 Å². The first-order valence-corrected chi connectivity index (χ1v) is 4.66. The molecule has 0 radical (unpaired) electrons. The molecule has 1 heterocycles. The lowest BCUT2D eigenvalue weighted by Crippen LogP contribution is -2.11. The van der Waals surface area contributed by atoms with Crippen molar-refractivity contribution in [1.82, 2.24) is 9.78 Å². The predicted molar refractivity (Wildman–Crippen MR) is 53.3 cm³/mol. The van der Waals surface area contributed by atoms with Gasteiger partial charge >= 0.3 is 6.18 Å². The predicted octanol–water partition coefficient (Wildman–Crippen LogP) is 3.20. The summed E-state index contributed by atoms with van der Waals surface area (Å²) in [5.74, 6) is 0. The van der Waals surface area contributed by atoms with Crippen LogP contribution >= 0.6 is 0 Å². The van der Waals surface area contributed by atoms with Gasteiger partial charge in [-0.15, -0.1) is 0 Å². The van der Waals surface area contributed by atoms with Crippen molar-refractivity contribution in [1.29, 1.82) is 0 Å². The Balaban J connectivity index is 2.62. The van der Waals surface area contributed by atoms with Gasteiger partial charge < -0.3 is 0 Å². The highest BCUT2D eigenvalue weighted by Crippen LogP contribution is 2.34. The topological polar surface area (TPSA) is 17.8 Å². The third-order valence-electron chi connectivity index (χ3n) is 2.21. The zero-order valence-electron chi connectivity index (χ0n) is 8.49. The first kappa shape index (κ1) is 10.7. The van der Waals surface area contributed by atoms with Gasteiger partial charge in [0.2, 0.25) is 0 Å². The Morgan fingerprint density at radius 3 is 2.56 bits per heavy atom. The molecule has 0 saturated carbocycles. The van der Waals surface area contributed by atoms with Crippen LogP contribution in [0.5, 0.6) is 0 Å².